The first-order valence-corrected chi connectivity index (χ1v) is 6.69. The van der Waals surface area contributed by atoms with Gasteiger partial charge in [-0.2, -0.15) is 0 Å². The number of aromatic nitrogens is 1. The maximum absolute atomic E-state index is 11.8. The second-order valence-corrected chi connectivity index (χ2v) is 4.88. The Morgan fingerprint density at radius 3 is 3.17 bits per heavy atom. The molecule has 2 unspecified atom stereocenters. The van der Waals surface area contributed by atoms with Crippen LogP contribution in [-0.4, -0.2) is 23.5 Å². The molecule has 1 amide bonds. The Morgan fingerprint density at radius 1 is 1.61 bits per heavy atom. The minimum absolute atomic E-state index is 0.0183. The third kappa shape index (κ3) is 3.81. The lowest BCUT2D eigenvalue weighted by Crippen LogP contribution is -2.29. The van der Waals surface area contributed by atoms with Gasteiger partial charge in [-0.15, -0.1) is 0 Å². The van der Waals surface area contributed by atoms with Gasteiger partial charge in [-0.1, -0.05) is 6.07 Å². The highest BCUT2D eigenvalue weighted by Crippen LogP contribution is 2.12. The Hall–Kier alpha value is -1.42. The van der Waals surface area contributed by atoms with Gasteiger partial charge < -0.3 is 10.6 Å². The summed E-state index contributed by atoms with van der Waals surface area (Å²) in [6.07, 6.45) is 5.70. The average Bonchev–Trinajstić information content (AvgIpc) is 2.90. The second-order valence-electron chi connectivity index (χ2n) is 4.88. The highest BCUT2D eigenvalue weighted by atomic mass is 16.1. The third-order valence-corrected chi connectivity index (χ3v) is 3.39. The topological polar surface area (TPSA) is 54.0 Å². The van der Waals surface area contributed by atoms with E-state index in [1.807, 2.05) is 25.1 Å². The molecule has 0 aliphatic carbocycles. The van der Waals surface area contributed by atoms with Gasteiger partial charge in [0, 0.05) is 18.7 Å². The average molecular weight is 247 g/mol. The van der Waals surface area contributed by atoms with E-state index in [0.717, 1.165) is 18.7 Å². The summed E-state index contributed by atoms with van der Waals surface area (Å²) in [5.74, 6) is 0.113. The van der Waals surface area contributed by atoms with Gasteiger partial charge in [0.05, 0.1) is 11.7 Å². The fourth-order valence-electron chi connectivity index (χ4n) is 2.33. The van der Waals surface area contributed by atoms with Crippen molar-refractivity contribution >= 4 is 5.91 Å². The van der Waals surface area contributed by atoms with E-state index in [-0.39, 0.29) is 11.9 Å². The molecule has 0 bridgehead atoms. The molecule has 4 nitrogen and oxygen atoms in total. The van der Waals surface area contributed by atoms with Crippen LogP contribution < -0.4 is 10.6 Å². The highest BCUT2D eigenvalue weighted by molar-refractivity contribution is 5.76. The van der Waals surface area contributed by atoms with Gasteiger partial charge in [0.15, 0.2) is 0 Å². The molecular weight excluding hydrogens is 226 g/mol. The van der Waals surface area contributed by atoms with Crippen molar-refractivity contribution in [3.05, 3.63) is 30.1 Å². The number of amides is 1. The lowest BCUT2D eigenvalue weighted by molar-refractivity contribution is -0.121. The zero-order valence-corrected chi connectivity index (χ0v) is 10.9. The number of hydrogen-bond acceptors (Lipinski definition) is 3. The van der Waals surface area contributed by atoms with Crippen LogP contribution in [0.1, 0.15) is 44.3 Å². The maximum atomic E-state index is 11.8. The van der Waals surface area contributed by atoms with Crippen LogP contribution >= 0.6 is 0 Å². The number of carbonyl (C=O) groups is 1. The Morgan fingerprint density at radius 2 is 2.50 bits per heavy atom. The molecule has 1 fully saturated rings. The number of nitrogens with zero attached hydrogens (tertiary/aromatic N) is 1. The van der Waals surface area contributed by atoms with E-state index < -0.39 is 0 Å². The van der Waals surface area contributed by atoms with Crippen LogP contribution in [0.3, 0.4) is 0 Å². The van der Waals surface area contributed by atoms with Gasteiger partial charge in [0.25, 0.3) is 0 Å². The molecule has 4 heteroatoms. The minimum Gasteiger partial charge on any atom is -0.348 e. The lowest BCUT2D eigenvalue weighted by Gasteiger charge is -2.14. The van der Waals surface area contributed by atoms with Crippen molar-refractivity contribution in [1.82, 2.24) is 15.6 Å². The van der Waals surface area contributed by atoms with Crippen LogP contribution in [0.15, 0.2) is 24.4 Å². The smallest absolute Gasteiger partial charge is 0.220 e. The summed E-state index contributed by atoms with van der Waals surface area (Å²) in [6, 6.07) is 6.26. The zero-order chi connectivity index (χ0) is 12.8. The second kappa shape index (κ2) is 6.50. The van der Waals surface area contributed by atoms with Gasteiger partial charge in [0.1, 0.15) is 0 Å². The van der Waals surface area contributed by atoms with E-state index in [1.54, 1.807) is 6.20 Å². The number of hydrogen-bond donors (Lipinski definition) is 2. The molecule has 1 aliphatic heterocycles. The Kier molecular flexibility index (Phi) is 4.70. The van der Waals surface area contributed by atoms with E-state index in [4.69, 9.17) is 0 Å². The molecular formula is C14H21N3O. The van der Waals surface area contributed by atoms with Crippen LogP contribution in [0.4, 0.5) is 0 Å². The van der Waals surface area contributed by atoms with E-state index >= 15 is 0 Å². The predicted molar refractivity (Wildman–Crippen MR) is 71.1 cm³/mol. The van der Waals surface area contributed by atoms with Crippen LogP contribution in [0.2, 0.25) is 0 Å². The van der Waals surface area contributed by atoms with Crippen LogP contribution in [-0.2, 0) is 4.79 Å². The molecule has 18 heavy (non-hydrogen) atoms. The van der Waals surface area contributed by atoms with Gasteiger partial charge >= 0.3 is 0 Å². The first-order chi connectivity index (χ1) is 8.75. The summed E-state index contributed by atoms with van der Waals surface area (Å²) in [5.41, 5.74) is 0.907. The highest BCUT2D eigenvalue weighted by Gasteiger charge is 2.16. The number of nitrogens with one attached hydrogen (secondary N) is 2. The molecule has 2 rings (SSSR count). The van der Waals surface area contributed by atoms with Gasteiger partial charge in [-0.3, -0.25) is 9.78 Å². The maximum Gasteiger partial charge on any atom is 0.220 e. The van der Waals surface area contributed by atoms with Crippen molar-refractivity contribution in [3.63, 3.8) is 0 Å². The number of carbonyl (C=O) groups excluding carboxylic acids is 1. The van der Waals surface area contributed by atoms with E-state index in [2.05, 4.69) is 15.6 Å². The Balaban J connectivity index is 1.73. The van der Waals surface area contributed by atoms with Gasteiger partial charge in [0.2, 0.25) is 5.91 Å². The summed E-state index contributed by atoms with van der Waals surface area (Å²) in [4.78, 5) is 16.1. The molecule has 1 aromatic rings. The Labute approximate surface area is 108 Å². The molecule has 2 N–H and O–H groups in total. The Bertz CT molecular complexity index is 374. The molecule has 2 heterocycles. The molecule has 1 aliphatic rings. The summed E-state index contributed by atoms with van der Waals surface area (Å²) in [5, 5.41) is 6.40. The predicted octanol–water partition coefficient (Wildman–Crippen LogP) is 1.79. The molecule has 0 spiro atoms. The summed E-state index contributed by atoms with van der Waals surface area (Å²) in [6.45, 7) is 3.06. The fourth-order valence-corrected chi connectivity index (χ4v) is 2.33. The van der Waals surface area contributed by atoms with Crippen molar-refractivity contribution in [3.8, 4) is 0 Å². The first kappa shape index (κ1) is 13.0. The van der Waals surface area contributed by atoms with E-state index in [0.29, 0.717) is 12.5 Å². The monoisotopic (exact) mass is 247 g/mol. The zero-order valence-electron chi connectivity index (χ0n) is 10.9. The molecule has 98 valence electrons. The molecule has 2 atom stereocenters. The quantitative estimate of drug-likeness (QED) is 0.834. The molecule has 0 radical (unpaired) electrons. The van der Waals surface area contributed by atoms with Crippen molar-refractivity contribution in [1.29, 1.82) is 0 Å². The molecule has 1 aromatic heterocycles. The SMILES string of the molecule is CC(NC(=O)CCC1CCCN1)c1ccccn1. The standard InChI is InChI=1S/C14H21N3O/c1-11(13-6-2-3-9-16-13)17-14(18)8-7-12-5-4-10-15-12/h2-3,6,9,11-12,15H,4-5,7-8,10H2,1H3,(H,17,18). The first-order valence-electron chi connectivity index (χ1n) is 6.69. The molecule has 0 aromatic carbocycles. The molecule has 0 saturated carbocycles. The van der Waals surface area contributed by atoms with Crippen LogP contribution in [0.5, 0.6) is 0 Å². The summed E-state index contributed by atoms with van der Waals surface area (Å²) < 4.78 is 0. The van der Waals surface area contributed by atoms with Gasteiger partial charge in [-0.05, 0) is 44.9 Å². The van der Waals surface area contributed by atoms with Gasteiger partial charge in [-0.25, -0.2) is 0 Å². The largest absolute Gasteiger partial charge is 0.348 e. The fraction of sp³-hybridized carbons (Fsp3) is 0.571. The van der Waals surface area contributed by atoms with Crippen molar-refractivity contribution < 1.29 is 4.79 Å². The van der Waals surface area contributed by atoms with Crippen molar-refractivity contribution in [2.45, 2.75) is 44.7 Å². The normalized spacial score (nSPS) is 20.6. The van der Waals surface area contributed by atoms with Crippen molar-refractivity contribution in [2.24, 2.45) is 0 Å². The minimum atomic E-state index is -0.0183. The number of rotatable bonds is 5. The number of pyridine rings is 1. The summed E-state index contributed by atoms with van der Waals surface area (Å²) >= 11 is 0. The summed E-state index contributed by atoms with van der Waals surface area (Å²) in [7, 11) is 0. The lowest BCUT2D eigenvalue weighted by atomic mass is 10.1. The van der Waals surface area contributed by atoms with Crippen LogP contribution in [0, 0.1) is 0 Å². The van der Waals surface area contributed by atoms with E-state index in [1.165, 1.54) is 12.8 Å². The van der Waals surface area contributed by atoms with E-state index in [9.17, 15) is 4.79 Å². The van der Waals surface area contributed by atoms with Crippen LogP contribution in [0.25, 0.3) is 0 Å². The molecule has 1 saturated heterocycles. The van der Waals surface area contributed by atoms with Crippen molar-refractivity contribution in [2.75, 3.05) is 6.54 Å². The third-order valence-electron chi connectivity index (χ3n) is 3.39.